The molecule has 2 heterocycles. The SMILES string of the molecule is COCc1cc(C)nc(N/N=C\c2ccc(-c3ccc(Cl)c(Cl)c3)o2)c1C#N. The van der Waals surface area contributed by atoms with E-state index in [-0.39, 0.29) is 0 Å². The summed E-state index contributed by atoms with van der Waals surface area (Å²) in [6, 6.07) is 12.8. The first kappa shape index (κ1) is 19.9. The van der Waals surface area contributed by atoms with Crippen LogP contribution in [0, 0.1) is 18.3 Å². The molecular weight excluding hydrogens is 399 g/mol. The number of methoxy groups -OCH3 is 1. The van der Waals surface area contributed by atoms with Gasteiger partial charge in [0.25, 0.3) is 0 Å². The van der Waals surface area contributed by atoms with Crippen LogP contribution in [0.5, 0.6) is 0 Å². The summed E-state index contributed by atoms with van der Waals surface area (Å²) in [5.41, 5.74) is 5.49. The highest BCUT2D eigenvalue weighted by Gasteiger charge is 2.11. The van der Waals surface area contributed by atoms with Crippen LogP contribution in [0.1, 0.15) is 22.6 Å². The molecule has 142 valence electrons. The fourth-order valence-corrected chi connectivity index (χ4v) is 2.90. The summed E-state index contributed by atoms with van der Waals surface area (Å²) in [6.07, 6.45) is 1.50. The number of nitriles is 1. The number of halogens is 2. The van der Waals surface area contributed by atoms with Crippen LogP contribution in [0.15, 0.2) is 45.9 Å². The predicted molar refractivity (Wildman–Crippen MR) is 110 cm³/mol. The van der Waals surface area contributed by atoms with E-state index in [0.717, 1.165) is 16.8 Å². The molecule has 8 heteroatoms. The maximum absolute atomic E-state index is 9.43. The van der Waals surface area contributed by atoms with Gasteiger partial charge >= 0.3 is 0 Å². The number of furan rings is 1. The molecule has 0 saturated carbocycles. The van der Waals surface area contributed by atoms with E-state index >= 15 is 0 Å². The molecule has 0 fully saturated rings. The van der Waals surface area contributed by atoms with Crippen LogP contribution >= 0.6 is 23.2 Å². The number of aryl methyl sites for hydroxylation is 1. The van der Waals surface area contributed by atoms with E-state index in [1.54, 1.807) is 25.3 Å². The van der Waals surface area contributed by atoms with Crippen LogP contribution in [0.2, 0.25) is 10.0 Å². The van der Waals surface area contributed by atoms with E-state index in [1.807, 2.05) is 25.1 Å². The largest absolute Gasteiger partial charge is 0.455 e. The Morgan fingerprint density at radius 1 is 1.25 bits per heavy atom. The van der Waals surface area contributed by atoms with Gasteiger partial charge in [-0.25, -0.2) is 4.98 Å². The normalized spacial score (nSPS) is 11.0. The van der Waals surface area contributed by atoms with Gasteiger partial charge in [0, 0.05) is 23.9 Å². The molecule has 3 rings (SSSR count). The summed E-state index contributed by atoms with van der Waals surface area (Å²) < 4.78 is 10.9. The Morgan fingerprint density at radius 3 is 2.79 bits per heavy atom. The van der Waals surface area contributed by atoms with Crippen molar-refractivity contribution >= 4 is 35.2 Å². The predicted octanol–water partition coefficient (Wildman–Crippen LogP) is 5.42. The highest BCUT2D eigenvalue weighted by molar-refractivity contribution is 6.42. The van der Waals surface area contributed by atoms with Crippen LogP contribution in [-0.4, -0.2) is 18.3 Å². The highest BCUT2D eigenvalue weighted by atomic mass is 35.5. The van der Waals surface area contributed by atoms with Crippen molar-refractivity contribution in [1.29, 1.82) is 5.26 Å². The minimum Gasteiger partial charge on any atom is -0.455 e. The van der Waals surface area contributed by atoms with Gasteiger partial charge < -0.3 is 9.15 Å². The fourth-order valence-electron chi connectivity index (χ4n) is 2.60. The molecule has 0 unspecified atom stereocenters. The quantitative estimate of drug-likeness (QED) is 0.429. The number of hydrogen-bond acceptors (Lipinski definition) is 6. The molecule has 0 amide bonds. The number of pyridine rings is 1. The molecule has 0 aliphatic rings. The molecule has 0 radical (unpaired) electrons. The smallest absolute Gasteiger partial charge is 0.164 e. The Labute approximate surface area is 172 Å². The zero-order valence-electron chi connectivity index (χ0n) is 15.2. The van der Waals surface area contributed by atoms with Gasteiger partial charge in [-0.2, -0.15) is 10.4 Å². The number of nitrogens with zero attached hydrogens (tertiary/aromatic N) is 3. The minimum absolute atomic E-state index is 0.315. The van der Waals surface area contributed by atoms with Crippen LogP contribution in [0.3, 0.4) is 0 Å². The summed E-state index contributed by atoms with van der Waals surface area (Å²) in [4.78, 5) is 4.33. The molecule has 6 nitrogen and oxygen atoms in total. The number of benzene rings is 1. The molecule has 1 N–H and O–H groups in total. The Morgan fingerprint density at radius 2 is 2.07 bits per heavy atom. The summed E-state index contributed by atoms with van der Waals surface area (Å²) in [7, 11) is 1.57. The molecule has 0 saturated heterocycles. The molecule has 0 aliphatic heterocycles. The molecule has 0 bridgehead atoms. The number of hydrogen-bond donors (Lipinski definition) is 1. The Bertz CT molecular complexity index is 1070. The van der Waals surface area contributed by atoms with Gasteiger partial charge in [-0.3, -0.25) is 5.43 Å². The average molecular weight is 415 g/mol. The van der Waals surface area contributed by atoms with Crippen molar-refractivity contribution in [1.82, 2.24) is 4.98 Å². The van der Waals surface area contributed by atoms with E-state index in [2.05, 4.69) is 21.6 Å². The van der Waals surface area contributed by atoms with Crippen molar-refractivity contribution in [3.05, 3.63) is 69.0 Å². The standard InChI is InChI=1S/C20H16Cl2N4O2/c1-12-7-14(11-27-2)16(9-23)20(25-12)26-24-10-15-4-6-19(28-15)13-3-5-17(21)18(22)8-13/h3-8,10H,11H2,1-2H3,(H,25,26)/b24-10-. The fraction of sp³-hybridized carbons (Fsp3) is 0.150. The van der Waals surface area contributed by atoms with Crippen molar-refractivity contribution < 1.29 is 9.15 Å². The lowest BCUT2D eigenvalue weighted by Gasteiger charge is -2.08. The topological polar surface area (TPSA) is 83.4 Å². The van der Waals surface area contributed by atoms with Gasteiger partial charge in [-0.15, -0.1) is 0 Å². The van der Waals surface area contributed by atoms with E-state index in [1.165, 1.54) is 6.21 Å². The first-order chi connectivity index (χ1) is 13.5. The van der Waals surface area contributed by atoms with E-state index < -0.39 is 0 Å². The third-order valence-electron chi connectivity index (χ3n) is 3.83. The summed E-state index contributed by atoms with van der Waals surface area (Å²) in [5.74, 6) is 1.52. The molecule has 28 heavy (non-hydrogen) atoms. The molecule has 1 aromatic carbocycles. The minimum atomic E-state index is 0.315. The molecule has 2 aromatic heterocycles. The van der Waals surface area contributed by atoms with E-state index in [9.17, 15) is 5.26 Å². The first-order valence-corrected chi connectivity index (χ1v) is 9.01. The zero-order chi connectivity index (χ0) is 20.1. The van der Waals surface area contributed by atoms with Gasteiger partial charge in [-0.1, -0.05) is 23.2 Å². The van der Waals surface area contributed by atoms with Gasteiger partial charge in [-0.05, 0) is 43.3 Å². The van der Waals surface area contributed by atoms with Crippen molar-refractivity contribution in [2.45, 2.75) is 13.5 Å². The van der Waals surface area contributed by atoms with E-state index in [0.29, 0.717) is 39.6 Å². The van der Waals surface area contributed by atoms with Gasteiger partial charge in [0.05, 0.1) is 22.9 Å². The average Bonchev–Trinajstić information content (AvgIpc) is 3.13. The number of ether oxygens (including phenoxy) is 1. The monoisotopic (exact) mass is 414 g/mol. The number of anilines is 1. The van der Waals surface area contributed by atoms with Crippen LogP contribution < -0.4 is 5.43 Å². The molecular formula is C20H16Cl2N4O2. The van der Waals surface area contributed by atoms with E-state index in [4.69, 9.17) is 32.4 Å². The molecule has 0 spiro atoms. The van der Waals surface area contributed by atoms with Gasteiger partial charge in [0.2, 0.25) is 0 Å². The maximum Gasteiger partial charge on any atom is 0.164 e. The molecule has 0 atom stereocenters. The number of aromatic nitrogens is 1. The number of rotatable bonds is 6. The summed E-state index contributed by atoms with van der Waals surface area (Å²) >= 11 is 12.0. The van der Waals surface area contributed by atoms with Crippen molar-refractivity contribution in [2.75, 3.05) is 12.5 Å². The lowest BCUT2D eigenvalue weighted by atomic mass is 10.1. The second kappa shape index (κ2) is 8.89. The van der Waals surface area contributed by atoms with Crippen molar-refractivity contribution in [3.63, 3.8) is 0 Å². The Balaban J connectivity index is 1.78. The van der Waals surface area contributed by atoms with Crippen LogP contribution in [0.25, 0.3) is 11.3 Å². The second-order valence-electron chi connectivity index (χ2n) is 5.89. The third-order valence-corrected chi connectivity index (χ3v) is 4.57. The molecule has 3 aromatic rings. The third kappa shape index (κ3) is 4.52. The van der Waals surface area contributed by atoms with Crippen molar-refractivity contribution in [3.8, 4) is 17.4 Å². The maximum atomic E-state index is 9.43. The second-order valence-corrected chi connectivity index (χ2v) is 6.71. The highest BCUT2D eigenvalue weighted by Crippen LogP contribution is 2.29. The Hall–Kier alpha value is -2.85. The lowest BCUT2D eigenvalue weighted by molar-refractivity contribution is 0.184. The molecule has 0 aliphatic carbocycles. The zero-order valence-corrected chi connectivity index (χ0v) is 16.7. The first-order valence-electron chi connectivity index (χ1n) is 8.25. The van der Waals surface area contributed by atoms with Gasteiger partial charge in [0.1, 0.15) is 23.2 Å². The van der Waals surface area contributed by atoms with Crippen LogP contribution in [-0.2, 0) is 11.3 Å². The summed E-state index contributed by atoms with van der Waals surface area (Å²) in [5, 5.41) is 14.5. The summed E-state index contributed by atoms with van der Waals surface area (Å²) in [6.45, 7) is 2.15. The van der Waals surface area contributed by atoms with Crippen molar-refractivity contribution in [2.24, 2.45) is 5.10 Å². The van der Waals surface area contributed by atoms with Crippen LogP contribution in [0.4, 0.5) is 5.82 Å². The van der Waals surface area contributed by atoms with Gasteiger partial charge in [0.15, 0.2) is 5.82 Å². The number of nitrogens with one attached hydrogen (secondary N) is 1. The lowest BCUT2D eigenvalue weighted by Crippen LogP contribution is -2.03. The Kier molecular flexibility index (Phi) is 6.32. The number of hydrazone groups is 1.